The summed E-state index contributed by atoms with van der Waals surface area (Å²) in [5.74, 6) is 1.11. The predicted octanol–water partition coefficient (Wildman–Crippen LogP) is 5.85. The van der Waals surface area contributed by atoms with E-state index >= 15 is 0 Å². The second kappa shape index (κ2) is 9.19. The molecule has 0 heterocycles. The molecule has 0 aliphatic heterocycles. The standard InChI is InChI=1S/C20H36O2Si/c1-17(2)15-21-23(22-16-18(3)4,19-11-7-5-8-12-19)20-13-9-6-10-14-20/h11,13,17-18H,5-10,12,14-16H2,1-4H3. The Morgan fingerprint density at radius 2 is 1.22 bits per heavy atom. The molecule has 0 atom stereocenters. The highest BCUT2D eigenvalue weighted by atomic mass is 28.4. The lowest BCUT2D eigenvalue weighted by molar-refractivity contribution is 0.149. The minimum absolute atomic E-state index is 0.554. The number of hydrogen-bond acceptors (Lipinski definition) is 2. The monoisotopic (exact) mass is 336 g/mol. The van der Waals surface area contributed by atoms with Crippen molar-refractivity contribution < 1.29 is 8.85 Å². The summed E-state index contributed by atoms with van der Waals surface area (Å²) < 4.78 is 13.4. The third-order valence-corrected chi connectivity index (χ3v) is 8.41. The first kappa shape index (κ1) is 18.9. The number of allylic oxidation sites excluding steroid dienone is 4. The van der Waals surface area contributed by atoms with Crippen LogP contribution in [0.2, 0.25) is 0 Å². The van der Waals surface area contributed by atoms with E-state index in [9.17, 15) is 0 Å². The van der Waals surface area contributed by atoms with Crippen LogP contribution >= 0.6 is 0 Å². The molecule has 0 fully saturated rings. The van der Waals surface area contributed by atoms with Gasteiger partial charge >= 0.3 is 8.56 Å². The zero-order valence-corrected chi connectivity index (χ0v) is 16.7. The lowest BCUT2D eigenvalue weighted by Gasteiger charge is -2.38. The van der Waals surface area contributed by atoms with E-state index in [0.717, 1.165) is 13.2 Å². The molecule has 0 saturated heterocycles. The molecule has 132 valence electrons. The van der Waals surface area contributed by atoms with Crippen LogP contribution < -0.4 is 0 Å². The Morgan fingerprint density at radius 1 is 0.783 bits per heavy atom. The molecule has 3 heteroatoms. The lowest BCUT2D eigenvalue weighted by Crippen LogP contribution is -2.49. The van der Waals surface area contributed by atoms with Crippen molar-refractivity contribution in [3.8, 4) is 0 Å². The summed E-state index contributed by atoms with van der Waals surface area (Å²) in [4.78, 5) is 0. The maximum atomic E-state index is 6.70. The molecule has 2 aliphatic carbocycles. The van der Waals surface area contributed by atoms with Gasteiger partial charge in [-0.3, -0.25) is 0 Å². The molecule has 0 amide bonds. The second-order valence-electron chi connectivity index (χ2n) is 7.98. The predicted molar refractivity (Wildman–Crippen MR) is 100 cm³/mol. The molecule has 0 aromatic rings. The van der Waals surface area contributed by atoms with E-state index in [0.29, 0.717) is 11.8 Å². The van der Waals surface area contributed by atoms with Crippen LogP contribution in [0.3, 0.4) is 0 Å². The molecule has 2 rings (SSSR count). The normalized spacial score (nSPS) is 19.9. The summed E-state index contributed by atoms with van der Waals surface area (Å²) in [6, 6.07) is 0. The molecular weight excluding hydrogens is 300 g/mol. The molecule has 0 radical (unpaired) electrons. The van der Waals surface area contributed by atoms with E-state index in [4.69, 9.17) is 8.85 Å². The zero-order chi connectivity index (χ0) is 16.7. The molecule has 0 aromatic carbocycles. The van der Waals surface area contributed by atoms with Gasteiger partial charge in [-0.2, -0.15) is 0 Å². The van der Waals surface area contributed by atoms with Gasteiger partial charge in [-0.1, -0.05) is 39.8 Å². The summed E-state index contributed by atoms with van der Waals surface area (Å²) in [5.41, 5.74) is 0. The van der Waals surface area contributed by atoms with Crippen molar-refractivity contribution >= 4 is 8.56 Å². The van der Waals surface area contributed by atoms with Gasteiger partial charge in [0.25, 0.3) is 0 Å². The van der Waals surface area contributed by atoms with Crippen molar-refractivity contribution in [3.05, 3.63) is 22.5 Å². The fraction of sp³-hybridized carbons (Fsp3) is 0.800. The Morgan fingerprint density at radius 3 is 1.52 bits per heavy atom. The van der Waals surface area contributed by atoms with Gasteiger partial charge in [0.2, 0.25) is 0 Å². The van der Waals surface area contributed by atoms with Crippen LogP contribution in [0.25, 0.3) is 0 Å². The Hall–Kier alpha value is -0.383. The van der Waals surface area contributed by atoms with Crippen LogP contribution in [0.1, 0.15) is 79.1 Å². The fourth-order valence-electron chi connectivity index (χ4n) is 3.46. The van der Waals surface area contributed by atoms with Crippen molar-refractivity contribution in [2.45, 2.75) is 79.1 Å². The molecule has 2 nitrogen and oxygen atoms in total. The van der Waals surface area contributed by atoms with E-state index in [1.807, 2.05) is 0 Å². The molecule has 0 saturated carbocycles. The minimum atomic E-state index is -2.40. The molecule has 23 heavy (non-hydrogen) atoms. The third-order valence-electron chi connectivity index (χ3n) is 4.67. The molecule has 0 spiro atoms. The van der Waals surface area contributed by atoms with Gasteiger partial charge in [-0.15, -0.1) is 0 Å². The first-order valence-corrected chi connectivity index (χ1v) is 11.5. The van der Waals surface area contributed by atoms with Crippen LogP contribution in [-0.4, -0.2) is 21.8 Å². The van der Waals surface area contributed by atoms with Gasteiger partial charge < -0.3 is 8.85 Å². The largest absolute Gasteiger partial charge is 0.398 e. The SMILES string of the molecule is CC(C)CO[Si](OCC(C)C)(C1=CCCCC1)C1=CCCCC1. The summed E-state index contributed by atoms with van der Waals surface area (Å²) in [6.45, 7) is 10.6. The number of hydrogen-bond donors (Lipinski definition) is 0. The van der Waals surface area contributed by atoms with Gasteiger partial charge in [-0.05, 0) is 73.6 Å². The van der Waals surface area contributed by atoms with Gasteiger partial charge in [-0.25, -0.2) is 0 Å². The minimum Gasteiger partial charge on any atom is -0.388 e. The summed E-state index contributed by atoms with van der Waals surface area (Å²) in [7, 11) is -2.40. The van der Waals surface area contributed by atoms with Gasteiger partial charge in [0.05, 0.1) is 0 Å². The Bertz CT molecular complexity index is 383. The smallest absolute Gasteiger partial charge is 0.388 e. The summed E-state index contributed by atoms with van der Waals surface area (Å²) in [5, 5.41) is 3.05. The van der Waals surface area contributed by atoms with E-state index in [2.05, 4.69) is 39.8 Å². The van der Waals surface area contributed by atoms with Crippen LogP contribution in [0.15, 0.2) is 22.5 Å². The van der Waals surface area contributed by atoms with Crippen molar-refractivity contribution in [3.63, 3.8) is 0 Å². The van der Waals surface area contributed by atoms with E-state index in [1.165, 1.54) is 61.8 Å². The quantitative estimate of drug-likeness (QED) is 0.517. The Balaban J connectivity index is 2.33. The maximum Gasteiger partial charge on any atom is 0.398 e. The zero-order valence-electron chi connectivity index (χ0n) is 15.7. The van der Waals surface area contributed by atoms with E-state index < -0.39 is 8.56 Å². The highest BCUT2D eigenvalue weighted by molar-refractivity contribution is 6.81. The van der Waals surface area contributed by atoms with E-state index in [-0.39, 0.29) is 0 Å². The Labute approximate surface area is 144 Å². The molecule has 0 N–H and O–H groups in total. The van der Waals surface area contributed by atoms with Crippen LogP contribution in [-0.2, 0) is 8.85 Å². The van der Waals surface area contributed by atoms with Crippen molar-refractivity contribution in [1.29, 1.82) is 0 Å². The highest BCUT2D eigenvalue weighted by Gasteiger charge is 2.46. The summed E-state index contributed by atoms with van der Waals surface area (Å²) in [6.07, 6.45) is 14.9. The highest BCUT2D eigenvalue weighted by Crippen LogP contribution is 2.38. The van der Waals surface area contributed by atoms with Crippen LogP contribution in [0.5, 0.6) is 0 Å². The Kier molecular flexibility index (Phi) is 7.57. The first-order valence-electron chi connectivity index (χ1n) is 9.71. The topological polar surface area (TPSA) is 18.5 Å². The second-order valence-corrected chi connectivity index (χ2v) is 11.1. The molecule has 2 aliphatic rings. The molecular formula is C20H36O2Si. The first-order chi connectivity index (χ1) is 11.0. The average Bonchev–Trinajstić information content (AvgIpc) is 2.56. The van der Waals surface area contributed by atoms with Gasteiger partial charge in [0.1, 0.15) is 0 Å². The molecule has 0 unspecified atom stereocenters. The average molecular weight is 337 g/mol. The van der Waals surface area contributed by atoms with Crippen molar-refractivity contribution in [2.75, 3.05) is 13.2 Å². The van der Waals surface area contributed by atoms with E-state index in [1.54, 1.807) is 0 Å². The van der Waals surface area contributed by atoms with Gasteiger partial charge in [0, 0.05) is 13.2 Å². The third kappa shape index (κ3) is 5.30. The number of rotatable bonds is 8. The fourth-order valence-corrected chi connectivity index (χ4v) is 7.67. The maximum absolute atomic E-state index is 6.70. The van der Waals surface area contributed by atoms with Crippen LogP contribution in [0.4, 0.5) is 0 Å². The van der Waals surface area contributed by atoms with Crippen molar-refractivity contribution in [1.82, 2.24) is 0 Å². The molecule has 0 aromatic heterocycles. The lowest BCUT2D eigenvalue weighted by atomic mass is 10.1. The van der Waals surface area contributed by atoms with Crippen LogP contribution in [0, 0.1) is 11.8 Å². The molecule has 0 bridgehead atoms. The van der Waals surface area contributed by atoms with Crippen molar-refractivity contribution in [2.24, 2.45) is 11.8 Å². The summed E-state index contributed by atoms with van der Waals surface area (Å²) >= 11 is 0. The van der Waals surface area contributed by atoms with Gasteiger partial charge in [0.15, 0.2) is 0 Å².